The number of likely N-dealkylation sites (tertiary alicyclic amines) is 1. The summed E-state index contributed by atoms with van der Waals surface area (Å²) >= 11 is 7.17. The standard InChI is InChI=1S/C16H24N2O2S2/c1-9-7-6-8-10(2)18(9)16(21)17-14-13(15(19)20-5)11(3)12(4)22-14/h9-10H,6-8H2,1-5H3,(H,17,21). The third-order valence-electron chi connectivity index (χ3n) is 4.42. The van der Waals surface area contributed by atoms with Crippen LogP contribution in [0.15, 0.2) is 0 Å². The molecule has 0 spiro atoms. The molecule has 22 heavy (non-hydrogen) atoms. The third kappa shape index (κ3) is 3.27. The van der Waals surface area contributed by atoms with Crippen LogP contribution < -0.4 is 5.32 Å². The molecule has 0 amide bonds. The lowest BCUT2D eigenvalue weighted by Gasteiger charge is -2.40. The molecule has 6 heteroatoms. The molecular weight excluding hydrogens is 316 g/mol. The number of thiophene rings is 1. The van der Waals surface area contributed by atoms with Crippen molar-refractivity contribution in [1.82, 2.24) is 4.90 Å². The summed E-state index contributed by atoms with van der Waals surface area (Å²) < 4.78 is 4.91. The van der Waals surface area contributed by atoms with Crippen LogP contribution in [0.25, 0.3) is 0 Å². The van der Waals surface area contributed by atoms with Gasteiger partial charge in [-0.25, -0.2) is 4.79 Å². The largest absolute Gasteiger partial charge is 0.465 e. The van der Waals surface area contributed by atoms with Gasteiger partial charge in [0.25, 0.3) is 0 Å². The summed E-state index contributed by atoms with van der Waals surface area (Å²) in [5.41, 5.74) is 1.56. The van der Waals surface area contributed by atoms with Gasteiger partial charge in [0.2, 0.25) is 0 Å². The van der Waals surface area contributed by atoms with E-state index < -0.39 is 0 Å². The molecule has 0 radical (unpaired) electrons. The number of thiocarbonyl (C=S) groups is 1. The van der Waals surface area contributed by atoms with Crippen LogP contribution in [0.4, 0.5) is 5.00 Å². The summed E-state index contributed by atoms with van der Waals surface area (Å²) in [6.45, 7) is 8.36. The first-order valence-corrected chi connectivity index (χ1v) is 8.86. The summed E-state index contributed by atoms with van der Waals surface area (Å²) in [4.78, 5) is 15.4. The number of nitrogens with one attached hydrogen (secondary N) is 1. The van der Waals surface area contributed by atoms with E-state index in [-0.39, 0.29) is 5.97 Å². The molecule has 1 aliphatic heterocycles. The lowest BCUT2D eigenvalue weighted by atomic mass is 9.98. The molecule has 0 aliphatic carbocycles. The summed E-state index contributed by atoms with van der Waals surface area (Å²) in [5.74, 6) is -0.313. The highest BCUT2D eigenvalue weighted by atomic mass is 32.1. The summed E-state index contributed by atoms with van der Waals surface area (Å²) in [5, 5.41) is 4.78. The third-order valence-corrected chi connectivity index (χ3v) is 5.86. The van der Waals surface area contributed by atoms with E-state index in [0.717, 1.165) is 28.3 Å². The average Bonchev–Trinajstić information content (AvgIpc) is 2.72. The molecular formula is C16H24N2O2S2. The van der Waals surface area contributed by atoms with Gasteiger partial charge in [-0.1, -0.05) is 0 Å². The van der Waals surface area contributed by atoms with Gasteiger partial charge in [0.1, 0.15) is 5.00 Å². The number of hydrogen-bond donors (Lipinski definition) is 1. The quantitative estimate of drug-likeness (QED) is 0.648. The van der Waals surface area contributed by atoms with Crippen LogP contribution in [0.2, 0.25) is 0 Å². The number of carbonyl (C=O) groups excluding carboxylic acids is 1. The van der Waals surface area contributed by atoms with Crippen LogP contribution in [0.3, 0.4) is 0 Å². The summed E-state index contributed by atoms with van der Waals surface area (Å²) in [6.07, 6.45) is 3.54. The van der Waals surface area contributed by atoms with Gasteiger partial charge in [-0.2, -0.15) is 0 Å². The first kappa shape index (κ1) is 17.2. The minimum atomic E-state index is -0.313. The first-order chi connectivity index (χ1) is 10.4. The molecule has 0 bridgehead atoms. The highest BCUT2D eigenvalue weighted by molar-refractivity contribution is 7.80. The molecule has 2 rings (SSSR count). The van der Waals surface area contributed by atoms with Gasteiger partial charge >= 0.3 is 5.97 Å². The maximum atomic E-state index is 12.0. The van der Waals surface area contributed by atoms with Crippen molar-refractivity contribution in [3.63, 3.8) is 0 Å². The Kier molecular flexibility index (Phi) is 5.45. The van der Waals surface area contributed by atoms with Crippen LogP contribution in [-0.2, 0) is 4.74 Å². The zero-order valence-electron chi connectivity index (χ0n) is 13.9. The number of ether oxygens (including phenoxy) is 1. The number of aryl methyl sites for hydroxylation is 1. The van der Waals surface area contributed by atoms with Gasteiger partial charge in [0.15, 0.2) is 5.11 Å². The molecule has 1 fully saturated rings. The monoisotopic (exact) mass is 340 g/mol. The van der Waals surface area contributed by atoms with Crippen molar-refractivity contribution in [2.45, 2.75) is 59.0 Å². The molecule has 1 aromatic heterocycles. The van der Waals surface area contributed by atoms with E-state index in [1.807, 2.05) is 13.8 Å². The fraction of sp³-hybridized carbons (Fsp3) is 0.625. The number of hydrogen-bond acceptors (Lipinski definition) is 4. The fourth-order valence-electron chi connectivity index (χ4n) is 3.05. The number of nitrogens with zero attached hydrogens (tertiary/aromatic N) is 1. The molecule has 1 aliphatic rings. The van der Waals surface area contributed by atoms with Crippen molar-refractivity contribution >= 4 is 39.6 Å². The fourth-order valence-corrected chi connectivity index (χ4v) is 4.62. The Morgan fingerprint density at radius 1 is 1.32 bits per heavy atom. The number of esters is 1. The molecule has 1 N–H and O–H groups in total. The van der Waals surface area contributed by atoms with Crippen LogP contribution in [-0.4, -0.2) is 35.2 Å². The lowest BCUT2D eigenvalue weighted by Crippen LogP contribution is -2.49. The van der Waals surface area contributed by atoms with Gasteiger partial charge in [0, 0.05) is 17.0 Å². The molecule has 2 atom stereocenters. The number of rotatable bonds is 2. The van der Waals surface area contributed by atoms with E-state index in [4.69, 9.17) is 17.0 Å². The molecule has 0 aromatic carbocycles. The van der Waals surface area contributed by atoms with Crippen LogP contribution >= 0.6 is 23.6 Å². The average molecular weight is 341 g/mol. The summed E-state index contributed by atoms with van der Waals surface area (Å²) in [6, 6.07) is 0.847. The van der Waals surface area contributed by atoms with Crippen LogP contribution in [0.1, 0.15) is 53.9 Å². The normalized spacial score (nSPS) is 21.6. The Morgan fingerprint density at radius 3 is 2.45 bits per heavy atom. The van der Waals surface area contributed by atoms with E-state index in [2.05, 4.69) is 24.1 Å². The number of piperidine rings is 1. The Bertz CT molecular complexity index is 573. The second-order valence-corrected chi connectivity index (χ2v) is 7.56. The Hall–Kier alpha value is -1.14. The maximum absolute atomic E-state index is 12.0. The van der Waals surface area contributed by atoms with Gasteiger partial charge in [0.05, 0.1) is 12.7 Å². The van der Waals surface area contributed by atoms with Crippen LogP contribution in [0, 0.1) is 13.8 Å². The molecule has 2 unspecified atom stereocenters. The lowest BCUT2D eigenvalue weighted by molar-refractivity contribution is 0.0601. The van der Waals surface area contributed by atoms with E-state index >= 15 is 0 Å². The number of carbonyl (C=O) groups is 1. The Morgan fingerprint density at radius 2 is 1.91 bits per heavy atom. The predicted octanol–water partition coefficient (Wildman–Crippen LogP) is 4.11. The zero-order valence-corrected chi connectivity index (χ0v) is 15.5. The van der Waals surface area contributed by atoms with Gasteiger partial charge in [-0.3, -0.25) is 0 Å². The summed E-state index contributed by atoms with van der Waals surface area (Å²) in [7, 11) is 1.41. The van der Waals surface area contributed by atoms with Crippen LogP contribution in [0.5, 0.6) is 0 Å². The molecule has 1 aromatic rings. The number of methoxy groups -OCH3 is 1. The molecule has 2 heterocycles. The molecule has 122 valence electrons. The molecule has 4 nitrogen and oxygen atoms in total. The highest BCUT2D eigenvalue weighted by Gasteiger charge is 2.28. The van der Waals surface area contributed by atoms with E-state index in [1.54, 1.807) is 11.3 Å². The smallest absolute Gasteiger partial charge is 0.341 e. The van der Waals surface area contributed by atoms with Gasteiger partial charge in [-0.05, 0) is 64.7 Å². The van der Waals surface area contributed by atoms with Crippen molar-refractivity contribution in [3.8, 4) is 0 Å². The maximum Gasteiger partial charge on any atom is 0.341 e. The van der Waals surface area contributed by atoms with Gasteiger partial charge < -0.3 is 15.0 Å². The zero-order chi connectivity index (χ0) is 16.4. The SMILES string of the molecule is COC(=O)c1c(NC(=S)N2C(C)CCCC2C)sc(C)c1C. The van der Waals surface area contributed by atoms with Crippen molar-refractivity contribution in [3.05, 3.63) is 16.0 Å². The molecule has 1 saturated heterocycles. The van der Waals surface area contributed by atoms with E-state index in [0.29, 0.717) is 22.8 Å². The van der Waals surface area contributed by atoms with E-state index in [1.165, 1.54) is 13.5 Å². The minimum absolute atomic E-state index is 0.313. The van der Waals surface area contributed by atoms with E-state index in [9.17, 15) is 4.79 Å². The minimum Gasteiger partial charge on any atom is -0.465 e. The van der Waals surface area contributed by atoms with Crippen molar-refractivity contribution in [1.29, 1.82) is 0 Å². The Labute approximate surface area is 141 Å². The number of anilines is 1. The second-order valence-electron chi connectivity index (χ2n) is 5.95. The first-order valence-electron chi connectivity index (χ1n) is 7.64. The van der Waals surface area contributed by atoms with Crippen molar-refractivity contribution < 1.29 is 9.53 Å². The van der Waals surface area contributed by atoms with Crippen molar-refractivity contribution in [2.75, 3.05) is 12.4 Å². The Balaban J connectivity index is 2.25. The second kappa shape index (κ2) is 6.96. The topological polar surface area (TPSA) is 41.6 Å². The van der Waals surface area contributed by atoms with Gasteiger partial charge in [-0.15, -0.1) is 11.3 Å². The highest BCUT2D eigenvalue weighted by Crippen LogP contribution is 2.34. The molecule has 0 saturated carbocycles. The van der Waals surface area contributed by atoms with Crippen molar-refractivity contribution in [2.24, 2.45) is 0 Å². The predicted molar refractivity (Wildman–Crippen MR) is 96.0 cm³/mol.